The molecule has 26 heavy (non-hydrogen) atoms. The van der Waals surface area contributed by atoms with Crippen molar-refractivity contribution in [2.45, 2.75) is 31.8 Å². The number of quaternary nitrogens is 1. The fourth-order valence-electron chi connectivity index (χ4n) is 4.31. The van der Waals surface area contributed by atoms with Crippen molar-refractivity contribution in [3.05, 3.63) is 66.5 Å². The zero-order chi connectivity index (χ0) is 18.1. The molecule has 3 atom stereocenters. The van der Waals surface area contributed by atoms with E-state index in [-0.39, 0.29) is 11.9 Å². The number of fused-ring (bicyclic) bond motifs is 1. The maximum atomic E-state index is 13.0. The van der Waals surface area contributed by atoms with Crippen LogP contribution in [0.2, 0.25) is 0 Å². The number of nitrogens with zero attached hydrogens (tertiary/aromatic N) is 1. The van der Waals surface area contributed by atoms with E-state index in [9.17, 15) is 4.79 Å². The van der Waals surface area contributed by atoms with Crippen LogP contribution in [0, 0.1) is 0 Å². The van der Waals surface area contributed by atoms with E-state index in [0.717, 1.165) is 35.8 Å². The number of likely N-dealkylation sites (tertiary alicyclic amines) is 1. The molecule has 134 valence electrons. The van der Waals surface area contributed by atoms with E-state index < -0.39 is 0 Å². The molecule has 4 rings (SSSR count). The first-order valence-corrected chi connectivity index (χ1v) is 9.40. The van der Waals surface area contributed by atoms with Crippen LogP contribution in [0.25, 0.3) is 10.8 Å². The van der Waals surface area contributed by atoms with Crippen LogP contribution in [0.3, 0.4) is 0 Å². The average Bonchev–Trinajstić information content (AvgIpc) is 3.29. The lowest BCUT2D eigenvalue weighted by Crippen LogP contribution is -3.15. The SMILES string of the molecule is C[C@@H](C(=O)Nc1cccc2ccccc12)[NH+]1CCC[C@@H]1c1cccn1C. The minimum absolute atomic E-state index is 0.0867. The first-order chi connectivity index (χ1) is 12.6. The van der Waals surface area contributed by atoms with Crippen LogP contribution in [-0.4, -0.2) is 23.1 Å². The minimum Gasteiger partial charge on any atom is -0.350 e. The largest absolute Gasteiger partial charge is 0.350 e. The Morgan fingerprint density at radius 2 is 1.96 bits per heavy atom. The zero-order valence-corrected chi connectivity index (χ0v) is 15.4. The number of amides is 1. The Morgan fingerprint density at radius 1 is 1.15 bits per heavy atom. The standard InChI is InChI=1S/C22H25N3O/c1-16(25-15-7-13-21(25)20-12-6-14-24(20)2)22(26)23-19-11-5-9-17-8-3-4-10-18(17)19/h3-6,8-12,14,16,21H,7,13,15H2,1-2H3,(H,23,26)/p+1/t16-,21+/m0/s1. The fraction of sp³-hybridized carbons (Fsp3) is 0.318. The van der Waals surface area contributed by atoms with Gasteiger partial charge in [-0.15, -0.1) is 0 Å². The van der Waals surface area contributed by atoms with E-state index >= 15 is 0 Å². The molecule has 1 unspecified atom stereocenters. The van der Waals surface area contributed by atoms with E-state index in [1.165, 1.54) is 10.6 Å². The number of hydrogen-bond acceptors (Lipinski definition) is 1. The number of benzene rings is 2. The Morgan fingerprint density at radius 3 is 2.77 bits per heavy atom. The van der Waals surface area contributed by atoms with Gasteiger partial charge in [0.25, 0.3) is 5.91 Å². The van der Waals surface area contributed by atoms with Crippen molar-refractivity contribution in [1.29, 1.82) is 0 Å². The molecule has 0 aliphatic carbocycles. The van der Waals surface area contributed by atoms with Gasteiger partial charge in [-0.05, 0) is 30.5 Å². The molecular weight excluding hydrogens is 322 g/mol. The third kappa shape index (κ3) is 3.01. The molecule has 2 heterocycles. The normalized spacial score (nSPS) is 21.0. The number of aryl methyl sites for hydroxylation is 1. The van der Waals surface area contributed by atoms with Gasteiger partial charge in [0, 0.05) is 37.2 Å². The number of anilines is 1. The highest BCUT2D eigenvalue weighted by molar-refractivity contribution is 6.03. The molecular formula is C22H26N3O+. The molecule has 0 spiro atoms. The molecule has 0 radical (unpaired) electrons. The van der Waals surface area contributed by atoms with Crippen LogP contribution < -0.4 is 10.2 Å². The maximum Gasteiger partial charge on any atom is 0.282 e. The van der Waals surface area contributed by atoms with Gasteiger partial charge >= 0.3 is 0 Å². The van der Waals surface area contributed by atoms with E-state index in [0.29, 0.717) is 6.04 Å². The number of rotatable bonds is 4. The lowest BCUT2D eigenvalue weighted by Gasteiger charge is -2.27. The smallest absolute Gasteiger partial charge is 0.282 e. The molecule has 1 saturated heterocycles. The van der Waals surface area contributed by atoms with Crippen molar-refractivity contribution in [2.75, 3.05) is 11.9 Å². The highest BCUT2D eigenvalue weighted by Gasteiger charge is 2.38. The topological polar surface area (TPSA) is 38.5 Å². The minimum atomic E-state index is -0.0867. The Balaban J connectivity index is 1.55. The second-order valence-corrected chi connectivity index (χ2v) is 7.30. The number of hydrogen-bond donors (Lipinski definition) is 2. The lowest BCUT2D eigenvalue weighted by molar-refractivity contribution is -0.932. The third-order valence-corrected chi connectivity index (χ3v) is 5.74. The Bertz CT molecular complexity index is 925. The summed E-state index contributed by atoms with van der Waals surface area (Å²) in [6.45, 7) is 3.09. The van der Waals surface area contributed by atoms with Gasteiger partial charge in [0.05, 0.1) is 12.2 Å². The summed E-state index contributed by atoms with van der Waals surface area (Å²) in [5.41, 5.74) is 2.22. The van der Waals surface area contributed by atoms with Crippen LogP contribution in [-0.2, 0) is 11.8 Å². The molecule has 3 aromatic rings. The van der Waals surface area contributed by atoms with Crippen LogP contribution in [0.1, 0.15) is 31.5 Å². The second-order valence-electron chi connectivity index (χ2n) is 7.30. The lowest BCUT2D eigenvalue weighted by atomic mass is 10.1. The highest BCUT2D eigenvalue weighted by atomic mass is 16.2. The van der Waals surface area contributed by atoms with Crippen LogP contribution in [0.4, 0.5) is 5.69 Å². The number of carbonyl (C=O) groups is 1. The summed E-state index contributed by atoms with van der Waals surface area (Å²) in [6, 6.07) is 18.8. The summed E-state index contributed by atoms with van der Waals surface area (Å²) in [5.74, 6) is 0.0949. The Hall–Kier alpha value is -2.59. The molecule has 2 N–H and O–H groups in total. The molecule has 2 aromatic carbocycles. The summed E-state index contributed by atoms with van der Waals surface area (Å²) in [6.07, 6.45) is 4.39. The summed E-state index contributed by atoms with van der Waals surface area (Å²) in [7, 11) is 2.09. The van der Waals surface area contributed by atoms with Crippen LogP contribution >= 0.6 is 0 Å². The molecule has 1 aliphatic rings. The van der Waals surface area contributed by atoms with E-state index in [4.69, 9.17) is 0 Å². The summed E-state index contributed by atoms with van der Waals surface area (Å²) < 4.78 is 2.19. The first-order valence-electron chi connectivity index (χ1n) is 9.40. The molecule has 1 amide bonds. The van der Waals surface area contributed by atoms with Crippen LogP contribution in [0.15, 0.2) is 60.8 Å². The summed E-state index contributed by atoms with van der Waals surface area (Å²) >= 11 is 0. The second kappa shape index (κ2) is 6.96. The summed E-state index contributed by atoms with van der Waals surface area (Å²) in [4.78, 5) is 14.4. The Labute approximate surface area is 154 Å². The van der Waals surface area contributed by atoms with E-state index in [2.05, 4.69) is 60.4 Å². The maximum absolute atomic E-state index is 13.0. The molecule has 4 nitrogen and oxygen atoms in total. The monoisotopic (exact) mass is 348 g/mol. The summed E-state index contributed by atoms with van der Waals surface area (Å²) in [5, 5.41) is 5.41. The predicted octanol–water partition coefficient (Wildman–Crippen LogP) is 2.93. The average molecular weight is 348 g/mol. The Kier molecular flexibility index (Phi) is 4.51. The number of nitrogens with one attached hydrogen (secondary N) is 2. The van der Waals surface area contributed by atoms with E-state index in [1.807, 2.05) is 24.3 Å². The van der Waals surface area contributed by atoms with Gasteiger partial charge in [-0.3, -0.25) is 4.79 Å². The first kappa shape index (κ1) is 16.9. The van der Waals surface area contributed by atoms with Crippen molar-refractivity contribution >= 4 is 22.4 Å². The van der Waals surface area contributed by atoms with Crippen molar-refractivity contribution in [3.63, 3.8) is 0 Å². The van der Waals surface area contributed by atoms with Crippen LogP contribution in [0.5, 0.6) is 0 Å². The molecule has 0 bridgehead atoms. The molecule has 1 aromatic heterocycles. The predicted molar refractivity (Wildman–Crippen MR) is 105 cm³/mol. The van der Waals surface area contributed by atoms with E-state index in [1.54, 1.807) is 0 Å². The van der Waals surface area contributed by atoms with Crippen molar-refractivity contribution in [2.24, 2.45) is 7.05 Å². The van der Waals surface area contributed by atoms with Crippen molar-refractivity contribution in [3.8, 4) is 0 Å². The molecule has 1 fully saturated rings. The zero-order valence-electron chi connectivity index (χ0n) is 15.4. The molecule has 4 heteroatoms. The highest BCUT2D eigenvalue weighted by Crippen LogP contribution is 2.23. The van der Waals surface area contributed by atoms with Gasteiger partial charge in [0.2, 0.25) is 0 Å². The van der Waals surface area contributed by atoms with Gasteiger partial charge in [0.15, 0.2) is 6.04 Å². The molecule has 0 saturated carbocycles. The third-order valence-electron chi connectivity index (χ3n) is 5.74. The fourth-order valence-corrected chi connectivity index (χ4v) is 4.31. The van der Waals surface area contributed by atoms with Gasteiger partial charge in [0.1, 0.15) is 6.04 Å². The number of aromatic nitrogens is 1. The van der Waals surface area contributed by atoms with Crippen molar-refractivity contribution < 1.29 is 9.69 Å². The van der Waals surface area contributed by atoms with Gasteiger partial charge < -0.3 is 14.8 Å². The van der Waals surface area contributed by atoms with Gasteiger partial charge in [-0.2, -0.15) is 0 Å². The quantitative estimate of drug-likeness (QED) is 0.748. The van der Waals surface area contributed by atoms with Gasteiger partial charge in [-0.25, -0.2) is 0 Å². The van der Waals surface area contributed by atoms with Crippen molar-refractivity contribution in [1.82, 2.24) is 4.57 Å². The molecule has 1 aliphatic heterocycles. The van der Waals surface area contributed by atoms with Gasteiger partial charge in [-0.1, -0.05) is 36.4 Å². The number of carbonyl (C=O) groups excluding carboxylic acids is 1.